The number of aliphatic hydroxyl groups excluding tert-OH is 1. The summed E-state index contributed by atoms with van der Waals surface area (Å²) in [6.45, 7) is 0.395. The van der Waals surface area contributed by atoms with E-state index in [2.05, 4.69) is 15.6 Å². The molecule has 0 aliphatic carbocycles. The van der Waals surface area contributed by atoms with Gasteiger partial charge in [0, 0.05) is 41.7 Å². The molecule has 0 saturated heterocycles. The third-order valence-corrected chi connectivity index (χ3v) is 4.12. The van der Waals surface area contributed by atoms with Crippen LogP contribution >= 0.6 is 0 Å². The van der Waals surface area contributed by atoms with Crippen molar-refractivity contribution >= 4 is 28.2 Å². The number of carbonyl (C=O) groups is 1. The number of hydrogen-bond donors (Lipinski definition) is 3. The van der Waals surface area contributed by atoms with Gasteiger partial charge in [-0.1, -0.05) is 6.07 Å². The molecule has 0 radical (unpaired) electrons. The maximum absolute atomic E-state index is 12.9. The van der Waals surface area contributed by atoms with E-state index in [0.29, 0.717) is 35.3 Å². The summed E-state index contributed by atoms with van der Waals surface area (Å²) in [7, 11) is 0. The van der Waals surface area contributed by atoms with Gasteiger partial charge in [0.05, 0.1) is 11.1 Å². The van der Waals surface area contributed by atoms with Crippen LogP contribution in [0.4, 0.5) is 24.5 Å². The first-order chi connectivity index (χ1) is 13.4. The predicted octanol–water partition coefficient (Wildman–Crippen LogP) is 4.11. The van der Waals surface area contributed by atoms with Crippen molar-refractivity contribution in [2.24, 2.45) is 0 Å². The highest BCUT2D eigenvalue weighted by Crippen LogP contribution is 2.33. The summed E-state index contributed by atoms with van der Waals surface area (Å²) in [6, 6.07) is 11.8. The lowest BCUT2D eigenvalue weighted by atomic mass is 10.1. The molecule has 2 aromatic carbocycles. The molecule has 1 heterocycles. The van der Waals surface area contributed by atoms with E-state index in [1.165, 1.54) is 12.3 Å². The van der Waals surface area contributed by atoms with Gasteiger partial charge in [-0.05, 0) is 48.9 Å². The van der Waals surface area contributed by atoms with Crippen molar-refractivity contribution in [3.63, 3.8) is 0 Å². The van der Waals surface area contributed by atoms with Crippen LogP contribution < -0.4 is 10.6 Å². The third-order valence-electron chi connectivity index (χ3n) is 4.12. The fraction of sp³-hybridized carbons (Fsp3) is 0.200. The number of anilines is 2. The Hall–Kier alpha value is -3.13. The largest absolute Gasteiger partial charge is 0.416 e. The summed E-state index contributed by atoms with van der Waals surface area (Å²) in [5, 5.41) is 15.1. The SMILES string of the molecule is O=C(NCCCO)c1ccc(Nc2ccnc3cc(C(F)(F)F)ccc23)cc1. The zero-order valence-corrected chi connectivity index (χ0v) is 14.8. The van der Waals surface area contributed by atoms with Crippen molar-refractivity contribution in [3.05, 3.63) is 65.9 Å². The van der Waals surface area contributed by atoms with Gasteiger partial charge in [0.2, 0.25) is 0 Å². The van der Waals surface area contributed by atoms with E-state index < -0.39 is 11.7 Å². The smallest absolute Gasteiger partial charge is 0.396 e. The molecule has 0 fully saturated rings. The van der Waals surface area contributed by atoms with Crippen molar-refractivity contribution in [1.29, 1.82) is 0 Å². The van der Waals surface area contributed by atoms with Gasteiger partial charge in [-0.25, -0.2) is 0 Å². The summed E-state index contributed by atoms with van der Waals surface area (Å²) in [6.07, 6.45) is -2.50. The minimum atomic E-state index is -4.42. The average molecular weight is 389 g/mol. The number of alkyl halides is 3. The van der Waals surface area contributed by atoms with Crippen LogP contribution in [0.1, 0.15) is 22.3 Å². The number of halogens is 3. The molecule has 0 aliphatic rings. The number of nitrogens with zero attached hydrogens (tertiary/aromatic N) is 1. The van der Waals surface area contributed by atoms with Gasteiger partial charge in [0.15, 0.2) is 0 Å². The van der Waals surface area contributed by atoms with E-state index in [1.54, 1.807) is 30.3 Å². The first-order valence-electron chi connectivity index (χ1n) is 8.60. The van der Waals surface area contributed by atoms with Crippen molar-refractivity contribution in [3.8, 4) is 0 Å². The van der Waals surface area contributed by atoms with Gasteiger partial charge in [0.25, 0.3) is 5.91 Å². The first kappa shape index (κ1) is 19.6. The molecule has 0 aliphatic heterocycles. The Morgan fingerprint density at radius 1 is 1.07 bits per heavy atom. The molecule has 1 aromatic heterocycles. The van der Waals surface area contributed by atoms with Crippen molar-refractivity contribution in [2.45, 2.75) is 12.6 Å². The zero-order chi connectivity index (χ0) is 20.1. The van der Waals surface area contributed by atoms with E-state index in [4.69, 9.17) is 5.11 Å². The van der Waals surface area contributed by atoms with Crippen molar-refractivity contribution in [1.82, 2.24) is 10.3 Å². The summed E-state index contributed by atoms with van der Waals surface area (Å²) in [4.78, 5) is 16.0. The fourth-order valence-electron chi connectivity index (χ4n) is 2.68. The van der Waals surface area contributed by atoms with Gasteiger partial charge in [-0.15, -0.1) is 0 Å². The minimum absolute atomic E-state index is 0.00743. The Morgan fingerprint density at radius 2 is 1.82 bits per heavy atom. The minimum Gasteiger partial charge on any atom is -0.396 e. The monoisotopic (exact) mass is 389 g/mol. The molecule has 146 valence electrons. The summed E-state index contributed by atoms with van der Waals surface area (Å²) < 4.78 is 38.6. The van der Waals surface area contributed by atoms with E-state index >= 15 is 0 Å². The van der Waals surface area contributed by atoms with Gasteiger partial charge >= 0.3 is 6.18 Å². The van der Waals surface area contributed by atoms with Crippen molar-refractivity contribution in [2.75, 3.05) is 18.5 Å². The number of benzene rings is 2. The topological polar surface area (TPSA) is 74.2 Å². The summed E-state index contributed by atoms with van der Waals surface area (Å²) in [5.74, 6) is -0.242. The van der Waals surface area contributed by atoms with Gasteiger partial charge in [-0.3, -0.25) is 9.78 Å². The molecule has 8 heteroatoms. The van der Waals surface area contributed by atoms with Crippen LogP contribution in [0.5, 0.6) is 0 Å². The highest BCUT2D eigenvalue weighted by atomic mass is 19.4. The maximum Gasteiger partial charge on any atom is 0.416 e. The van der Waals surface area contributed by atoms with Gasteiger partial charge in [-0.2, -0.15) is 13.2 Å². The van der Waals surface area contributed by atoms with E-state index in [-0.39, 0.29) is 18.0 Å². The second-order valence-corrected chi connectivity index (χ2v) is 6.12. The molecule has 0 saturated carbocycles. The Labute approximate surface area is 159 Å². The van der Waals surface area contributed by atoms with E-state index in [9.17, 15) is 18.0 Å². The molecule has 0 spiro atoms. The normalized spacial score (nSPS) is 11.4. The highest BCUT2D eigenvalue weighted by molar-refractivity contribution is 5.95. The van der Waals surface area contributed by atoms with Gasteiger partial charge < -0.3 is 15.7 Å². The molecular weight excluding hydrogens is 371 g/mol. The highest BCUT2D eigenvalue weighted by Gasteiger charge is 2.30. The molecule has 3 aromatic rings. The van der Waals surface area contributed by atoms with E-state index in [0.717, 1.165) is 12.1 Å². The predicted molar refractivity (Wildman–Crippen MR) is 101 cm³/mol. The second-order valence-electron chi connectivity index (χ2n) is 6.12. The Bertz CT molecular complexity index is 973. The van der Waals surface area contributed by atoms with Crippen LogP contribution in [0.15, 0.2) is 54.7 Å². The molecule has 3 rings (SSSR count). The number of rotatable bonds is 6. The number of aromatic nitrogens is 1. The van der Waals surface area contributed by atoms with Gasteiger partial charge in [0.1, 0.15) is 0 Å². The molecule has 5 nitrogen and oxygen atoms in total. The number of nitrogens with one attached hydrogen (secondary N) is 2. The molecule has 0 unspecified atom stereocenters. The molecule has 3 N–H and O–H groups in total. The fourth-order valence-corrected chi connectivity index (χ4v) is 2.68. The number of hydrogen-bond acceptors (Lipinski definition) is 4. The van der Waals surface area contributed by atoms with Crippen LogP contribution in [0.3, 0.4) is 0 Å². The maximum atomic E-state index is 12.9. The Balaban J connectivity index is 1.78. The van der Waals surface area contributed by atoms with E-state index in [1.807, 2.05) is 0 Å². The van der Waals surface area contributed by atoms with Crippen LogP contribution in [0.25, 0.3) is 10.9 Å². The van der Waals surface area contributed by atoms with Crippen LogP contribution in [0.2, 0.25) is 0 Å². The first-order valence-corrected chi connectivity index (χ1v) is 8.60. The zero-order valence-electron chi connectivity index (χ0n) is 14.8. The molecule has 1 amide bonds. The number of aliphatic hydroxyl groups is 1. The third kappa shape index (κ3) is 4.58. The van der Waals surface area contributed by atoms with Crippen molar-refractivity contribution < 1.29 is 23.1 Å². The Kier molecular flexibility index (Phi) is 5.79. The lowest BCUT2D eigenvalue weighted by Gasteiger charge is -2.12. The van der Waals surface area contributed by atoms with Crippen LogP contribution in [-0.2, 0) is 6.18 Å². The lowest BCUT2D eigenvalue weighted by molar-refractivity contribution is -0.137. The molecule has 28 heavy (non-hydrogen) atoms. The quantitative estimate of drug-likeness (QED) is 0.555. The molecular formula is C20H18F3N3O2. The average Bonchev–Trinajstić information content (AvgIpc) is 2.68. The van der Waals surface area contributed by atoms with Crippen LogP contribution in [0, 0.1) is 0 Å². The number of fused-ring (bicyclic) bond motifs is 1. The van der Waals surface area contributed by atoms with Crippen LogP contribution in [-0.4, -0.2) is 29.1 Å². The summed E-state index contributed by atoms with van der Waals surface area (Å²) in [5.41, 5.74) is 1.25. The lowest BCUT2D eigenvalue weighted by Crippen LogP contribution is -2.24. The molecule has 0 bridgehead atoms. The number of pyridine rings is 1. The number of carbonyl (C=O) groups excluding carboxylic acids is 1. The molecule has 0 atom stereocenters. The Morgan fingerprint density at radius 3 is 2.50 bits per heavy atom. The standard InChI is InChI=1S/C20H18F3N3O2/c21-20(22,23)14-4-7-16-17(8-10-24-18(16)12-14)26-15-5-2-13(3-6-15)19(28)25-9-1-11-27/h2-8,10,12,27H,1,9,11H2,(H,24,26)(H,25,28). The second kappa shape index (κ2) is 8.26. The summed E-state index contributed by atoms with van der Waals surface area (Å²) >= 11 is 0. The number of amides is 1.